The zero-order valence-corrected chi connectivity index (χ0v) is 18.5. The average molecular weight is 440 g/mol. The molecule has 1 atom stereocenters. The maximum absolute atomic E-state index is 9.55. The minimum Gasteiger partial charge on any atom is -0.478 e. The van der Waals surface area contributed by atoms with Crippen LogP contribution in [0.3, 0.4) is 0 Å². The number of hydrogen-bond donors (Lipinski definition) is 2. The summed E-state index contributed by atoms with van der Waals surface area (Å²) in [5.41, 5.74) is 3.19. The van der Waals surface area contributed by atoms with Crippen LogP contribution in [-0.4, -0.2) is 54.2 Å². The van der Waals surface area contributed by atoms with Crippen molar-refractivity contribution >= 4 is 35.1 Å². The molecule has 31 heavy (non-hydrogen) atoms. The van der Waals surface area contributed by atoms with Gasteiger partial charge < -0.3 is 20.0 Å². The Labute approximate surface area is 186 Å². The van der Waals surface area contributed by atoms with E-state index in [9.17, 15) is 9.59 Å². The van der Waals surface area contributed by atoms with E-state index in [1.165, 1.54) is 21.2 Å². The summed E-state index contributed by atoms with van der Waals surface area (Å²) in [5, 5.41) is 24.8. The van der Waals surface area contributed by atoms with Crippen LogP contribution in [0.2, 0.25) is 0 Å². The molecule has 162 valence electrons. The van der Waals surface area contributed by atoms with Gasteiger partial charge in [0.05, 0.1) is 23.0 Å². The summed E-state index contributed by atoms with van der Waals surface area (Å²) in [7, 11) is 4.23. The standard InChI is InChI=1S/C19H21N3S.C4H4O4/c1-14(12-21(2)3)13-22-16-6-4-5-7-18(16)23-19-10-15(11-20)8-9-17(19)22;5-3(6)1-2-4(7)8/h4-10,14H,12-13H2,1-3H3;1-2H,(H,5,6)(H,7,8)/b;2-1-. The molecule has 1 aliphatic rings. The fraction of sp³-hybridized carbons (Fsp3) is 0.261. The molecule has 2 N–H and O–H groups in total. The molecule has 0 amide bonds. The Morgan fingerprint density at radius 1 is 1.10 bits per heavy atom. The van der Waals surface area contributed by atoms with Gasteiger partial charge in [-0.25, -0.2) is 9.59 Å². The summed E-state index contributed by atoms with van der Waals surface area (Å²) < 4.78 is 0. The van der Waals surface area contributed by atoms with E-state index in [0.717, 1.165) is 18.7 Å². The van der Waals surface area contributed by atoms with Crippen molar-refractivity contribution in [2.24, 2.45) is 5.92 Å². The largest absolute Gasteiger partial charge is 0.478 e. The van der Waals surface area contributed by atoms with Gasteiger partial charge in [-0.2, -0.15) is 5.26 Å². The van der Waals surface area contributed by atoms with Gasteiger partial charge in [0.15, 0.2) is 0 Å². The maximum atomic E-state index is 9.55. The molecule has 3 rings (SSSR count). The Balaban J connectivity index is 0.000000366. The van der Waals surface area contributed by atoms with Gasteiger partial charge >= 0.3 is 11.9 Å². The molecule has 8 heteroatoms. The third kappa shape index (κ3) is 7.17. The lowest BCUT2D eigenvalue weighted by molar-refractivity contribution is -0.134. The molecule has 2 aromatic rings. The lowest BCUT2D eigenvalue weighted by atomic mass is 10.1. The number of anilines is 2. The fourth-order valence-electron chi connectivity index (χ4n) is 3.24. The summed E-state index contributed by atoms with van der Waals surface area (Å²) in [5.74, 6) is -1.97. The van der Waals surface area contributed by atoms with Crippen LogP contribution in [0.4, 0.5) is 11.4 Å². The van der Waals surface area contributed by atoms with E-state index in [2.05, 4.69) is 67.2 Å². The molecule has 2 aromatic carbocycles. The van der Waals surface area contributed by atoms with Crippen molar-refractivity contribution in [2.75, 3.05) is 32.1 Å². The van der Waals surface area contributed by atoms with Crippen molar-refractivity contribution in [1.29, 1.82) is 5.26 Å². The minimum atomic E-state index is -1.26. The van der Waals surface area contributed by atoms with E-state index >= 15 is 0 Å². The second-order valence-electron chi connectivity index (χ2n) is 7.35. The van der Waals surface area contributed by atoms with Crippen molar-refractivity contribution < 1.29 is 19.8 Å². The second kappa shape index (κ2) is 11.2. The number of carbonyl (C=O) groups is 2. The van der Waals surface area contributed by atoms with Gasteiger partial charge in [-0.3, -0.25) is 0 Å². The van der Waals surface area contributed by atoms with Gasteiger partial charge in [-0.15, -0.1) is 0 Å². The highest BCUT2D eigenvalue weighted by atomic mass is 32.2. The number of aliphatic carboxylic acids is 2. The van der Waals surface area contributed by atoms with Crippen molar-refractivity contribution in [1.82, 2.24) is 4.90 Å². The Bertz CT molecular complexity index is 998. The molecule has 0 bridgehead atoms. The van der Waals surface area contributed by atoms with Gasteiger partial charge in [0.1, 0.15) is 0 Å². The molecule has 7 nitrogen and oxygen atoms in total. The van der Waals surface area contributed by atoms with Crippen molar-refractivity contribution in [3.05, 3.63) is 60.2 Å². The molecular formula is C23H25N3O4S. The first-order valence-corrected chi connectivity index (χ1v) is 10.4. The zero-order chi connectivity index (χ0) is 23.0. The summed E-state index contributed by atoms with van der Waals surface area (Å²) >= 11 is 1.75. The quantitative estimate of drug-likeness (QED) is 0.649. The van der Waals surface area contributed by atoms with E-state index in [-0.39, 0.29) is 0 Å². The van der Waals surface area contributed by atoms with Crippen LogP contribution < -0.4 is 4.90 Å². The van der Waals surface area contributed by atoms with Crippen LogP contribution in [0.15, 0.2) is 64.4 Å². The molecule has 0 aliphatic carbocycles. The number of benzene rings is 2. The Kier molecular flexibility index (Phi) is 8.67. The number of carboxylic acid groups (broad SMARTS) is 2. The van der Waals surface area contributed by atoms with E-state index in [0.29, 0.717) is 18.1 Å². The summed E-state index contributed by atoms with van der Waals surface area (Å²) in [6, 6.07) is 16.8. The van der Waals surface area contributed by atoms with Crippen LogP contribution in [0.25, 0.3) is 0 Å². The fourth-order valence-corrected chi connectivity index (χ4v) is 4.37. The van der Waals surface area contributed by atoms with E-state index in [1.807, 2.05) is 12.1 Å². The Morgan fingerprint density at radius 3 is 2.29 bits per heavy atom. The number of nitriles is 1. The monoisotopic (exact) mass is 439 g/mol. The molecular weight excluding hydrogens is 414 g/mol. The average Bonchev–Trinajstić information content (AvgIpc) is 2.71. The molecule has 1 unspecified atom stereocenters. The summed E-state index contributed by atoms with van der Waals surface area (Å²) in [4.78, 5) is 26.2. The minimum absolute atomic E-state index is 0.546. The van der Waals surface area contributed by atoms with Crippen molar-refractivity contribution in [2.45, 2.75) is 16.7 Å². The van der Waals surface area contributed by atoms with Crippen LogP contribution in [0.5, 0.6) is 0 Å². The zero-order valence-electron chi connectivity index (χ0n) is 17.6. The molecule has 1 heterocycles. The first-order chi connectivity index (χ1) is 14.7. The van der Waals surface area contributed by atoms with E-state index < -0.39 is 11.9 Å². The molecule has 0 saturated heterocycles. The van der Waals surface area contributed by atoms with Gasteiger partial charge in [0, 0.05) is 35.0 Å². The summed E-state index contributed by atoms with van der Waals surface area (Å²) in [6.45, 7) is 4.31. The SMILES string of the molecule is CC(CN(C)C)CN1c2ccccc2Sc2cc(C#N)ccc21.O=C(O)/C=C\C(=O)O. The van der Waals surface area contributed by atoms with Gasteiger partial charge in [0.25, 0.3) is 0 Å². The van der Waals surface area contributed by atoms with Crippen molar-refractivity contribution in [3.8, 4) is 6.07 Å². The normalized spacial score (nSPS) is 12.9. The smallest absolute Gasteiger partial charge is 0.328 e. The highest BCUT2D eigenvalue weighted by Crippen LogP contribution is 2.48. The van der Waals surface area contributed by atoms with Gasteiger partial charge in [-0.1, -0.05) is 30.8 Å². The first kappa shape index (κ1) is 24.0. The molecule has 1 aliphatic heterocycles. The maximum Gasteiger partial charge on any atom is 0.328 e. The van der Waals surface area contributed by atoms with Crippen LogP contribution in [0.1, 0.15) is 12.5 Å². The highest BCUT2D eigenvalue weighted by molar-refractivity contribution is 7.99. The van der Waals surface area contributed by atoms with Crippen molar-refractivity contribution in [3.63, 3.8) is 0 Å². The Hall–Kier alpha value is -3.28. The van der Waals surface area contributed by atoms with E-state index in [1.54, 1.807) is 11.8 Å². The number of hydrogen-bond acceptors (Lipinski definition) is 6. The van der Waals surface area contributed by atoms with Crippen LogP contribution in [-0.2, 0) is 9.59 Å². The van der Waals surface area contributed by atoms with E-state index in [4.69, 9.17) is 15.5 Å². The lowest BCUT2D eigenvalue weighted by Gasteiger charge is -2.35. The third-order valence-electron chi connectivity index (χ3n) is 4.30. The summed E-state index contributed by atoms with van der Waals surface area (Å²) in [6.07, 6.45) is 1.12. The number of fused-ring (bicyclic) bond motifs is 2. The molecule has 0 radical (unpaired) electrons. The van der Waals surface area contributed by atoms with Gasteiger partial charge in [0.2, 0.25) is 0 Å². The predicted molar refractivity (Wildman–Crippen MR) is 121 cm³/mol. The second-order valence-corrected chi connectivity index (χ2v) is 8.44. The number of para-hydroxylation sites is 1. The first-order valence-electron chi connectivity index (χ1n) is 9.58. The lowest BCUT2D eigenvalue weighted by Crippen LogP contribution is -2.31. The molecule has 0 fully saturated rings. The molecule has 0 saturated carbocycles. The van der Waals surface area contributed by atoms with Crippen LogP contribution >= 0.6 is 11.8 Å². The predicted octanol–water partition coefficient (Wildman–Crippen LogP) is 4.07. The Morgan fingerprint density at radius 2 is 1.71 bits per heavy atom. The van der Waals surface area contributed by atoms with Crippen LogP contribution in [0, 0.1) is 17.2 Å². The highest BCUT2D eigenvalue weighted by Gasteiger charge is 2.24. The molecule has 0 aromatic heterocycles. The topological polar surface area (TPSA) is 105 Å². The number of nitrogens with zero attached hydrogens (tertiary/aromatic N) is 3. The molecule has 0 spiro atoms. The van der Waals surface area contributed by atoms with Gasteiger partial charge in [-0.05, 0) is 50.3 Å². The third-order valence-corrected chi connectivity index (χ3v) is 5.41. The number of carboxylic acids is 2. The number of rotatable bonds is 6.